The highest BCUT2D eigenvalue weighted by atomic mass is 79.9. The van der Waals surface area contributed by atoms with Gasteiger partial charge in [-0.15, -0.1) is 11.8 Å². The summed E-state index contributed by atoms with van der Waals surface area (Å²) in [4.78, 5) is 16.0. The first-order chi connectivity index (χ1) is 8.11. The van der Waals surface area contributed by atoms with Crippen LogP contribution in [0.15, 0.2) is 33.6 Å². The quantitative estimate of drug-likeness (QED) is 0.876. The van der Waals surface area contributed by atoms with Crippen molar-refractivity contribution >= 4 is 44.6 Å². The van der Waals surface area contributed by atoms with E-state index < -0.39 is 5.97 Å². The average Bonchev–Trinajstić information content (AvgIpc) is 2.28. The molecule has 0 saturated heterocycles. The van der Waals surface area contributed by atoms with Gasteiger partial charge in [0.1, 0.15) is 0 Å². The van der Waals surface area contributed by atoms with Crippen molar-refractivity contribution in [1.82, 2.24) is 4.98 Å². The third-order valence-electron chi connectivity index (χ3n) is 2.24. The zero-order chi connectivity index (χ0) is 12.4. The summed E-state index contributed by atoms with van der Waals surface area (Å²) in [6, 6.07) is 7.48. The lowest BCUT2D eigenvalue weighted by Crippen LogP contribution is -2.03. The van der Waals surface area contributed by atoms with E-state index in [2.05, 4.69) is 20.9 Å². The number of benzene rings is 1. The van der Waals surface area contributed by atoms with Gasteiger partial charge in [0.25, 0.3) is 0 Å². The summed E-state index contributed by atoms with van der Waals surface area (Å²) < 4.78 is 0.960. The van der Waals surface area contributed by atoms with E-state index in [0.717, 1.165) is 15.6 Å². The molecule has 0 saturated carbocycles. The predicted octanol–water partition coefficient (Wildman–Crippen LogP) is 3.81. The minimum atomic E-state index is -0.981. The number of carbonyl (C=O) groups is 1. The van der Waals surface area contributed by atoms with Gasteiger partial charge in [0.2, 0.25) is 0 Å². The van der Waals surface area contributed by atoms with E-state index in [1.54, 1.807) is 0 Å². The number of rotatable bonds is 3. The molecule has 17 heavy (non-hydrogen) atoms. The number of hydrogen-bond donors (Lipinski definition) is 1. The molecule has 0 unspecified atom stereocenters. The molecular formula is C12H10BrNO2S. The number of carboxylic acids is 1. The lowest BCUT2D eigenvalue weighted by molar-refractivity contribution is 0.0687. The highest BCUT2D eigenvalue weighted by molar-refractivity contribution is 9.10. The van der Waals surface area contributed by atoms with Gasteiger partial charge in [-0.2, -0.15) is 0 Å². The van der Waals surface area contributed by atoms with E-state index in [1.807, 2.05) is 31.2 Å². The van der Waals surface area contributed by atoms with Crippen LogP contribution in [-0.4, -0.2) is 21.8 Å². The average molecular weight is 312 g/mol. The molecule has 1 heterocycles. The second-order valence-electron chi connectivity index (χ2n) is 3.41. The Bertz CT molecular complexity index is 586. The van der Waals surface area contributed by atoms with Gasteiger partial charge in [-0.05, 0) is 30.0 Å². The van der Waals surface area contributed by atoms with Gasteiger partial charge in [0.15, 0.2) is 5.69 Å². The molecule has 0 atom stereocenters. The van der Waals surface area contributed by atoms with Crippen molar-refractivity contribution in [3.63, 3.8) is 0 Å². The molecule has 2 rings (SSSR count). The molecule has 0 amide bonds. The molecule has 5 heteroatoms. The smallest absolute Gasteiger partial charge is 0.355 e. The van der Waals surface area contributed by atoms with E-state index in [1.165, 1.54) is 11.8 Å². The van der Waals surface area contributed by atoms with Gasteiger partial charge >= 0.3 is 5.97 Å². The van der Waals surface area contributed by atoms with Crippen LogP contribution in [0.4, 0.5) is 0 Å². The lowest BCUT2D eigenvalue weighted by Gasteiger charge is -2.06. The molecule has 1 aromatic heterocycles. The number of nitrogens with zero attached hydrogens (tertiary/aromatic N) is 1. The van der Waals surface area contributed by atoms with E-state index in [4.69, 9.17) is 5.11 Å². The van der Waals surface area contributed by atoms with Crippen molar-refractivity contribution in [2.75, 3.05) is 5.75 Å². The van der Waals surface area contributed by atoms with Crippen LogP contribution in [0.1, 0.15) is 17.4 Å². The summed E-state index contributed by atoms with van der Waals surface area (Å²) in [6.45, 7) is 1.99. The molecular weight excluding hydrogens is 302 g/mol. The number of halogens is 1. The fraction of sp³-hybridized carbons (Fsp3) is 0.167. The van der Waals surface area contributed by atoms with Crippen LogP contribution in [0.25, 0.3) is 10.9 Å². The minimum Gasteiger partial charge on any atom is -0.476 e. The first-order valence-corrected chi connectivity index (χ1v) is 6.86. The second kappa shape index (κ2) is 5.06. The zero-order valence-corrected chi connectivity index (χ0v) is 11.5. The first-order valence-electron chi connectivity index (χ1n) is 5.08. The molecule has 2 aromatic rings. The van der Waals surface area contributed by atoms with Crippen molar-refractivity contribution in [1.29, 1.82) is 0 Å². The fourth-order valence-corrected chi connectivity index (χ4v) is 2.72. The van der Waals surface area contributed by atoms with E-state index in [0.29, 0.717) is 10.4 Å². The summed E-state index contributed by atoms with van der Waals surface area (Å²) >= 11 is 4.88. The predicted molar refractivity (Wildman–Crippen MR) is 72.8 cm³/mol. The number of aromatic carboxylic acids is 1. The first kappa shape index (κ1) is 12.4. The maximum absolute atomic E-state index is 11.1. The minimum absolute atomic E-state index is 0.131. The van der Waals surface area contributed by atoms with Crippen molar-refractivity contribution in [3.05, 3.63) is 34.4 Å². The summed E-state index contributed by atoms with van der Waals surface area (Å²) in [7, 11) is 0. The van der Waals surface area contributed by atoms with Crippen LogP contribution in [0.3, 0.4) is 0 Å². The highest BCUT2D eigenvalue weighted by Gasteiger charge is 2.13. The van der Waals surface area contributed by atoms with Gasteiger partial charge in [-0.25, -0.2) is 9.78 Å². The van der Waals surface area contributed by atoms with Gasteiger partial charge in [-0.1, -0.05) is 22.9 Å². The summed E-state index contributed by atoms with van der Waals surface area (Å²) in [5.41, 5.74) is 0.831. The summed E-state index contributed by atoms with van der Waals surface area (Å²) in [5.74, 6) is -0.160. The third-order valence-corrected chi connectivity index (χ3v) is 3.65. The molecule has 0 fully saturated rings. The van der Waals surface area contributed by atoms with Gasteiger partial charge in [-0.3, -0.25) is 0 Å². The fourth-order valence-electron chi connectivity index (χ4n) is 1.55. The zero-order valence-electron chi connectivity index (χ0n) is 9.11. The van der Waals surface area contributed by atoms with Crippen LogP contribution in [-0.2, 0) is 0 Å². The monoisotopic (exact) mass is 311 g/mol. The van der Waals surface area contributed by atoms with Crippen molar-refractivity contribution in [3.8, 4) is 0 Å². The summed E-state index contributed by atoms with van der Waals surface area (Å²) in [5, 5.41) is 10.1. The standard InChI is InChI=1S/C12H10BrNO2S/c1-2-17-10-6-7-5-8(13)3-4-9(7)14-11(10)12(15)16/h3-6H,2H2,1H3,(H,15,16). The Balaban J connectivity index is 2.67. The van der Waals surface area contributed by atoms with Crippen LogP contribution in [0.2, 0.25) is 0 Å². The lowest BCUT2D eigenvalue weighted by atomic mass is 10.2. The molecule has 1 N–H and O–H groups in total. The van der Waals surface area contributed by atoms with Crippen LogP contribution in [0, 0.1) is 0 Å². The molecule has 0 radical (unpaired) electrons. The molecule has 0 aliphatic heterocycles. The molecule has 0 bridgehead atoms. The molecule has 0 spiro atoms. The SMILES string of the molecule is CCSc1cc2cc(Br)ccc2nc1C(=O)O. The number of carboxylic acid groups (broad SMARTS) is 1. The van der Waals surface area contributed by atoms with Gasteiger partial charge in [0.05, 0.1) is 5.52 Å². The molecule has 3 nitrogen and oxygen atoms in total. The van der Waals surface area contributed by atoms with Crippen LogP contribution < -0.4 is 0 Å². The highest BCUT2D eigenvalue weighted by Crippen LogP contribution is 2.27. The maximum Gasteiger partial charge on any atom is 0.355 e. The molecule has 0 aliphatic rings. The van der Waals surface area contributed by atoms with Crippen LogP contribution in [0.5, 0.6) is 0 Å². The number of thioether (sulfide) groups is 1. The second-order valence-corrected chi connectivity index (χ2v) is 5.63. The van der Waals surface area contributed by atoms with Crippen molar-refractivity contribution in [2.45, 2.75) is 11.8 Å². The van der Waals surface area contributed by atoms with E-state index in [9.17, 15) is 4.79 Å². The molecule has 88 valence electrons. The third kappa shape index (κ3) is 2.61. The Labute approximate surface area is 111 Å². The molecule has 1 aromatic carbocycles. The topological polar surface area (TPSA) is 50.2 Å². The summed E-state index contributed by atoms with van der Waals surface area (Å²) in [6.07, 6.45) is 0. The Hall–Kier alpha value is -1.07. The Morgan fingerprint density at radius 1 is 1.47 bits per heavy atom. The van der Waals surface area contributed by atoms with E-state index in [-0.39, 0.29) is 5.69 Å². The number of hydrogen-bond acceptors (Lipinski definition) is 3. The van der Waals surface area contributed by atoms with E-state index >= 15 is 0 Å². The number of pyridine rings is 1. The van der Waals surface area contributed by atoms with Crippen LogP contribution >= 0.6 is 27.7 Å². The van der Waals surface area contributed by atoms with Crippen molar-refractivity contribution < 1.29 is 9.90 Å². The van der Waals surface area contributed by atoms with Crippen molar-refractivity contribution in [2.24, 2.45) is 0 Å². The number of aromatic nitrogens is 1. The largest absolute Gasteiger partial charge is 0.476 e. The number of fused-ring (bicyclic) bond motifs is 1. The normalized spacial score (nSPS) is 10.7. The maximum atomic E-state index is 11.1. The molecule has 0 aliphatic carbocycles. The Kier molecular flexibility index (Phi) is 3.69. The van der Waals surface area contributed by atoms with Gasteiger partial charge < -0.3 is 5.11 Å². The van der Waals surface area contributed by atoms with Gasteiger partial charge in [0, 0.05) is 14.8 Å². The Morgan fingerprint density at radius 2 is 2.24 bits per heavy atom. The Morgan fingerprint density at radius 3 is 2.88 bits per heavy atom.